The molecular formula is C17H18N2OS. The summed E-state index contributed by atoms with van der Waals surface area (Å²) >= 11 is 1.65. The molecule has 3 rings (SSSR count). The number of rotatable bonds is 6. The number of benzene rings is 2. The van der Waals surface area contributed by atoms with Crippen LogP contribution in [0.2, 0.25) is 0 Å². The van der Waals surface area contributed by atoms with E-state index in [-0.39, 0.29) is 0 Å². The second kappa shape index (κ2) is 6.70. The van der Waals surface area contributed by atoms with E-state index in [0.717, 1.165) is 31.0 Å². The summed E-state index contributed by atoms with van der Waals surface area (Å²) in [4.78, 5) is 4.30. The lowest BCUT2D eigenvalue weighted by Crippen LogP contribution is -2.17. The Hall–Kier alpha value is -1.91. The van der Waals surface area contributed by atoms with Gasteiger partial charge in [-0.25, -0.2) is 4.98 Å². The number of fused-ring (bicyclic) bond motifs is 1. The third-order valence-electron chi connectivity index (χ3n) is 3.55. The predicted octanol–water partition coefficient (Wildman–Crippen LogP) is 3.64. The van der Waals surface area contributed by atoms with E-state index < -0.39 is 0 Å². The predicted molar refractivity (Wildman–Crippen MR) is 88.0 cm³/mol. The summed E-state index contributed by atoms with van der Waals surface area (Å²) in [7, 11) is 1.72. The first-order valence-electron chi connectivity index (χ1n) is 7.01. The van der Waals surface area contributed by atoms with Crippen LogP contribution in [0.5, 0.6) is 5.75 Å². The van der Waals surface area contributed by atoms with Gasteiger partial charge in [0.05, 0.1) is 18.3 Å². The van der Waals surface area contributed by atoms with Gasteiger partial charge in [0.25, 0.3) is 0 Å². The molecule has 0 bridgehead atoms. The minimum absolute atomic E-state index is 0.856. The molecule has 0 fully saturated rings. The van der Waals surface area contributed by atoms with Crippen LogP contribution in [0.3, 0.4) is 0 Å². The first-order chi connectivity index (χ1) is 10.4. The van der Waals surface area contributed by atoms with E-state index in [1.807, 2.05) is 17.6 Å². The molecule has 0 saturated carbocycles. The monoisotopic (exact) mass is 298 g/mol. The molecule has 3 aromatic rings. The third-order valence-corrected chi connectivity index (χ3v) is 4.19. The van der Waals surface area contributed by atoms with E-state index in [1.165, 1.54) is 16.3 Å². The Bertz CT molecular complexity index is 710. The number of hydrogen-bond acceptors (Lipinski definition) is 4. The molecular weight excluding hydrogens is 280 g/mol. The molecule has 0 amide bonds. The molecule has 3 nitrogen and oxygen atoms in total. The van der Waals surface area contributed by atoms with Crippen LogP contribution in [0.1, 0.15) is 11.3 Å². The maximum Gasteiger partial charge on any atom is 0.126 e. The van der Waals surface area contributed by atoms with Crippen molar-refractivity contribution in [2.45, 2.75) is 13.0 Å². The number of nitrogens with one attached hydrogen (secondary N) is 1. The number of ether oxygens (including phenoxy) is 1. The van der Waals surface area contributed by atoms with Gasteiger partial charge >= 0.3 is 0 Å². The second-order valence-electron chi connectivity index (χ2n) is 4.88. The van der Waals surface area contributed by atoms with Crippen molar-refractivity contribution < 1.29 is 4.74 Å². The Morgan fingerprint density at radius 1 is 1.14 bits per heavy atom. The largest absolute Gasteiger partial charge is 0.496 e. The van der Waals surface area contributed by atoms with E-state index in [1.54, 1.807) is 18.4 Å². The van der Waals surface area contributed by atoms with Gasteiger partial charge in [0.2, 0.25) is 0 Å². The molecule has 4 heteroatoms. The maximum absolute atomic E-state index is 5.43. The SMILES string of the molecule is COc1ccc(CNCCc2cscn2)c2ccccc12. The summed E-state index contributed by atoms with van der Waals surface area (Å²) in [5, 5.41) is 8.01. The van der Waals surface area contributed by atoms with E-state index in [4.69, 9.17) is 4.74 Å². The van der Waals surface area contributed by atoms with Gasteiger partial charge in [-0.05, 0) is 17.0 Å². The number of methoxy groups -OCH3 is 1. The third kappa shape index (κ3) is 3.23. The number of aromatic nitrogens is 1. The Morgan fingerprint density at radius 2 is 2.00 bits per heavy atom. The van der Waals surface area contributed by atoms with Crippen LogP contribution in [0, 0.1) is 0 Å². The van der Waals surface area contributed by atoms with Gasteiger partial charge < -0.3 is 10.1 Å². The van der Waals surface area contributed by atoms with E-state index in [2.05, 4.69) is 39.9 Å². The molecule has 21 heavy (non-hydrogen) atoms. The van der Waals surface area contributed by atoms with Crippen LogP contribution in [0.15, 0.2) is 47.3 Å². The van der Waals surface area contributed by atoms with Gasteiger partial charge in [-0.15, -0.1) is 11.3 Å². The average Bonchev–Trinajstić information content (AvgIpc) is 3.05. The lowest BCUT2D eigenvalue weighted by atomic mass is 10.0. The van der Waals surface area contributed by atoms with Crippen molar-refractivity contribution in [1.29, 1.82) is 0 Å². The Balaban J connectivity index is 1.69. The summed E-state index contributed by atoms with van der Waals surface area (Å²) in [6, 6.07) is 12.5. The smallest absolute Gasteiger partial charge is 0.126 e. The van der Waals surface area contributed by atoms with E-state index in [9.17, 15) is 0 Å². The number of thiazole rings is 1. The first-order valence-corrected chi connectivity index (χ1v) is 7.95. The summed E-state index contributed by atoms with van der Waals surface area (Å²) in [5.74, 6) is 0.928. The average molecular weight is 298 g/mol. The molecule has 0 radical (unpaired) electrons. The number of hydrogen-bond donors (Lipinski definition) is 1. The lowest BCUT2D eigenvalue weighted by Gasteiger charge is -2.11. The Kier molecular flexibility index (Phi) is 4.48. The molecule has 0 aliphatic heterocycles. The van der Waals surface area contributed by atoms with E-state index >= 15 is 0 Å². The highest BCUT2D eigenvalue weighted by Crippen LogP contribution is 2.28. The summed E-state index contributed by atoms with van der Waals surface area (Å²) in [5.41, 5.74) is 4.34. The van der Waals surface area contributed by atoms with Crippen LogP contribution in [0.25, 0.3) is 10.8 Å². The standard InChI is InChI=1S/C17H18N2OS/c1-20-17-7-6-13(15-4-2-3-5-16(15)17)10-18-9-8-14-11-21-12-19-14/h2-7,11-12,18H,8-10H2,1H3. The lowest BCUT2D eigenvalue weighted by molar-refractivity contribution is 0.419. The molecule has 0 atom stereocenters. The molecule has 1 aromatic heterocycles. The molecule has 108 valence electrons. The fourth-order valence-electron chi connectivity index (χ4n) is 2.47. The molecule has 0 aliphatic rings. The quantitative estimate of drug-likeness (QED) is 0.706. The van der Waals surface area contributed by atoms with Crippen LogP contribution in [0.4, 0.5) is 0 Å². The van der Waals surface area contributed by atoms with Crippen molar-refractivity contribution in [2.24, 2.45) is 0 Å². The van der Waals surface area contributed by atoms with Crippen molar-refractivity contribution >= 4 is 22.1 Å². The first kappa shape index (κ1) is 14.0. The highest BCUT2D eigenvalue weighted by Gasteiger charge is 2.05. The zero-order valence-electron chi connectivity index (χ0n) is 12.0. The van der Waals surface area contributed by atoms with Gasteiger partial charge in [0.15, 0.2) is 0 Å². The highest BCUT2D eigenvalue weighted by molar-refractivity contribution is 7.07. The second-order valence-corrected chi connectivity index (χ2v) is 5.60. The van der Waals surface area contributed by atoms with Gasteiger partial charge in [-0.2, -0.15) is 0 Å². The van der Waals surface area contributed by atoms with Gasteiger partial charge in [-0.1, -0.05) is 30.3 Å². The number of nitrogens with zero attached hydrogens (tertiary/aromatic N) is 1. The molecule has 0 spiro atoms. The van der Waals surface area contributed by atoms with E-state index in [0.29, 0.717) is 0 Å². The summed E-state index contributed by atoms with van der Waals surface area (Å²) in [6.45, 7) is 1.79. The van der Waals surface area contributed by atoms with Crippen molar-refractivity contribution in [2.75, 3.05) is 13.7 Å². The normalized spacial score (nSPS) is 10.9. The molecule has 0 saturated heterocycles. The molecule has 0 unspecified atom stereocenters. The fourth-order valence-corrected chi connectivity index (χ4v) is 3.06. The highest BCUT2D eigenvalue weighted by atomic mass is 32.1. The maximum atomic E-state index is 5.43. The molecule has 2 aromatic carbocycles. The molecule has 1 heterocycles. The van der Waals surface area contributed by atoms with Crippen LogP contribution < -0.4 is 10.1 Å². The van der Waals surface area contributed by atoms with Crippen LogP contribution in [-0.4, -0.2) is 18.6 Å². The van der Waals surface area contributed by atoms with Crippen molar-refractivity contribution in [3.05, 3.63) is 58.5 Å². The molecule has 1 N–H and O–H groups in total. The van der Waals surface area contributed by atoms with Crippen molar-refractivity contribution in [3.8, 4) is 5.75 Å². The minimum atomic E-state index is 0.856. The zero-order valence-corrected chi connectivity index (χ0v) is 12.8. The van der Waals surface area contributed by atoms with Crippen LogP contribution >= 0.6 is 11.3 Å². The molecule has 0 aliphatic carbocycles. The van der Waals surface area contributed by atoms with Crippen LogP contribution in [-0.2, 0) is 13.0 Å². The summed E-state index contributed by atoms with van der Waals surface area (Å²) < 4.78 is 5.43. The Labute approximate surface area is 128 Å². The van der Waals surface area contributed by atoms with Crippen molar-refractivity contribution in [3.63, 3.8) is 0 Å². The zero-order chi connectivity index (χ0) is 14.5. The van der Waals surface area contributed by atoms with Gasteiger partial charge in [0.1, 0.15) is 5.75 Å². The van der Waals surface area contributed by atoms with Gasteiger partial charge in [0, 0.05) is 30.3 Å². The van der Waals surface area contributed by atoms with Crippen molar-refractivity contribution in [1.82, 2.24) is 10.3 Å². The Morgan fingerprint density at radius 3 is 2.76 bits per heavy atom. The fraction of sp³-hybridized carbons (Fsp3) is 0.235. The summed E-state index contributed by atoms with van der Waals surface area (Å²) in [6.07, 6.45) is 0.970. The van der Waals surface area contributed by atoms with Gasteiger partial charge in [-0.3, -0.25) is 0 Å². The topological polar surface area (TPSA) is 34.1 Å². The minimum Gasteiger partial charge on any atom is -0.496 e.